The quantitative estimate of drug-likeness (QED) is 0.818. The predicted molar refractivity (Wildman–Crippen MR) is 75.1 cm³/mol. The molecule has 3 N–H and O–H groups in total. The Bertz CT molecular complexity index is 708. The van der Waals surface area contributed by atoms with E-state index in [2.05, 4.69) is 0 Å². The molecule has 3 rings (SSSR count). The van der Waals surface area contributed by atoms with Crippen LogP contribution in [0.2, 0.25) is 0 Å². The van der Waals surface area contributed by atoms with Gasteiger partial charge < -0.3 is 10.8 Å². The van der Waals surface area contributed by atoms with E-state index in [0.717, 1.165) is 11.3 Å². The minimum Gasteiger partial charge on any atom is -0.478 e. The minimum absolute atomic E-state index is 0.0475. The first-order valence-electron chi connectivity index (χ1n) is 6.11. The van der Waals surface area contributed by atoms with Gasteiger partial charge >= 0.3 is 5.97 Å². The second-order valence-electron chi connectivity index (χ2n) is 4.65. The summed E-state index contributed by atoms with van der Waals surface area (Å²) in [7, 11) is 0. The number of fused-ring (bicyclic) bond motifs is 1. The Hall–Kier alpha value is -2.82. The van der Waals surface area contributed by atoms with E-state index in [9.17, 15) is 9.59 Å². The first-order chi connectivity index (χ1) is 9.56. The summed E-state index contributed by atoms with van der Waals surface area (Å²) in [5, 5.41) is 8.89. The summed E-state index contributed by atoms with van der Waals surface area (Å²) in [4.78, 5) is 24.6. The standard InChI is InChI=1S/C15H12N2O3/c16-11-3-6-13-10(7-11)8-14(18)17(13)12-4-1-9(2-5-12)15(19)20/h1-7H,8,16H2,(H,19,20). The number of nitrogens with two attached hydrogens (primary N) is 1. The molecule has 2 aromatic carbocycles. The van der Waals surface area contributed by atoms with Gasteiger partial charge in [0.05, 0.1) is 17.7 Å². The first-order valence-corrected chi connectivity index (χ1v) is 6.11. The lowest BCUT2D eigenvalue weighted by atomic mass is 10.1. The molecule has 1 amide bonds. The van der Waals surface area contributed by atoms with Crippen molar-refractivity contribution in [2.75, 3.05) is 10.6 Å². The third-order valence-corrected chi connectivity index (χ3v) is 3.31. The van der Waals surface area contributed by atoms with Crippen LogP contribution < -0.4 is 10.6 Å². The lowest BCUT2D eigenvalue weighted by molar-refractivity contribution is -0.116. The van der Waals surface area contributed by atoms with Crippen LogP contribution >= 0.6 is 0 Å². The van der Waals surface area contributed by atoms with E-state index in [-0.39, 0.29) is 11.5 Å². The van der Waals surface area contributed by atoms with Crippen molar-refractivity contribution in [1.82, 2.24) is 0 Å². The van der Waals surface area contributed by atoms with E-state index >= 15 is 0 Å². The number of rotatable bonds is 2. The zero-order valence-electron chi connectivity index (χ0n) is 10.5. The highest BCUT2D eigenvalue weighted by Gasteiger charge is 2.28. The molecule has 20 heavy (non-hydrogen) atoms. The minimum atomic E-state index is -0.988. The summed E-state index contributed by atoms with van der Waals surface area (Å²) in [5.74, 6) is -1.04. The molecule has 1 heterocycles. The number of carbonyl (C=O) groups excluding carboxylic acids is 1. The normalized spacial score (nSPS) is 13.4. The molecule has 0 aliphatic carbocycles. The zero-order valence-corrected chi connectivity index (χ0v) is 10.5. The Balaban J connectivity index is 2.03. The molecule has 1 aliphatic heterocycles. The number of anilines is 3. The molecule has 0 atom stereocenters. The Kier molecular flexibility index (Phi) is 2.68. The van der Waals surface area contributed by atoms with E-state index in [4.69, 9.17) is 10.8 Å². The second-order valence-corrected chi connectivity index (χ2v) is 4.65. The summed E-state index contributed by atoms with van der Waals surface area (Å²) in [5.41, 5.74) is 8.88. The van der Waals surface area contributed by atoms with Gasteiger partial charge in [-0.15, -0.1) is 0 Å². The van der Waals surface area contributed by atoms with Gasteiger partial charge in [0.15, 0.2) is 0 Å². The number of hydrogen-bond acceptors (Lipinski definition) is 3. The van der Waals surface area contributed by atoms with Gasteiger partial charge in [0.25, 0.3) is 0 Å². The molecular weight excluding hydrogens is 256 g/mol. The van der Waals surface area contributed by atoms with Gasteiger partial charge in [-0.2, -0.15) is 0 Å². The Morgan fingerprint density at radius 3 is 2.50 bits per heavy atom. The van der Waals surface area contributed by atoms with Crippen molar-refractivity contribution < 1.29 is 14.7 Å². The maximum absolute atomic E-state index is 12.1. The molecule has 0 saturated heterocycles. The number of carboxylic acid groups (broad SMARTS) is 1. The monoisotopic (exact) mass is 268 g/mol. The van der Waals surface area contributed by atoms with E-state index < -0.39 is 5.97 Å². The third kappa shape index (κ3) is 1.89. The van der Waals surface area contributed by atoms with Gasteiger partial charge in [0.1, 0.15) is 0 Å². The predicted octanol–water partition coefficient (Wildman–Crippen LogP) is 2.19. The highest BCUT2D eigenvalue weighted by Crippen LogP contribution is 2.36. The molecule has 1 aliphatic rings. The van der Waals surface area contributed by atoms with Crippen LogP contribution in [-0.4, -0.2) is 17.0 Å². The molecule has 0 bridgehead atoms. The van der Waals surface area contributed by atoms with E-state index in [1.165, 1.54) is 12.1 Å². The summed E-state index contributed by atoms with van der Waals surface area (Å²) >= 11 is 0. The molecule has 0 fully saturated rings. The number of nitrogen functional groups attached to an aromatic ring is 1. The topological polar surface area (TPSA) is 83.6 Å². The number of benzene rings is 2. The van der Waals surface area contributed by atoms with Crippen LogP contribution in [0.4, 0.5) is 17.1 Å². The Morgan fingerprint density at radius 1 is 1.15 bits per heavy atom. The van der Waals surface area contributed by atoms with E-state index in [1.807, 2.05) is 0 Å². The molecule has 0 radical (unpaired) electrons. The van der Waals surface area contributed by atoms with Crippen LogP contribution in [0.25, 0.3) is 0 Å². The van der Waals surface area contributed by atoms with Crippen molar-refractivity contribution >= 4 is 28.9 Å². The molecule has 0 saturated carbocycles. The fraction of sp³-hybridized carbons (Fsp3) is 0.0667. The average Bonchev–Trinajstić information content (AvgIpc) is 2.73. The van der Waals surface area contributed by atoms with Crippen LogP contribution in [0.3, 0.4) is 0 Å². The van der Waals surface area contributed by atoms with Crippen LogP contribution in [0.5, 0.6) is 0 Å². The van der Waals surface area contributed by atoms with Gasteiger partial charge in [-0.3, -0.25) is 9.69 Å². The van der Waals surface area contributed by atoms with Gasteiger partial charge in [0.2, 0.25) is 5.91 Å². The molecule has 2 aromatic rings. The number of carboxylic acids is 1. The van der Waals surface area contributed by atoms with Gasteiger partial charge in [-0.25, -0.2) is 4.79 Å². The Morgan fingerprint density at radius 2 is 1.85 bits per heavy atom. The molecule has 5 heteroatoms. The number of nitrogens with zero attached hydrogens (tertiary/aromatic N) is 1. The van der Waals surface area contributed by atoms with Crippen molar-refractivity contribution in [3.8, 4) is 0 Å². The van der Waals surface area contributed by atoms with Crippen molar-refractivity contribution in [1.29, 1.82) is 0 Å². The molecule has 5 nitrogen and oxygen atoms in total. The third-order valence-electron chi connectivity index (χ3n) is 3.31. The second kappa shape index (κ2) is 4.38. The maximum atomic E-state index is 12.1. The number of hydrogen-bond donors (Lipinski definition) is 2. The van der Waals surface area contributed by atoms with Gasteiger partial charge in [0, 0.05) is 11.4 Å². The van der Waals surface area contributed by atoms with Crippen LogP contribution in [0, 0.1) is 0 Å². The highest BCUT2D eigenvalue weighted by molar-refractivity contribution is 6.07. The number of aromatic carboxylic acids is 1. The lowest BCUT2D eigenvalue weighted by Gasteiger charge is -2.17. The lowest BCUT2D eigenvalue weighted by Crippen LogP contribution is -2.20. The van der Waals surface area contributed by atoms with Crippen molar-refractivity contribution in [2.24, 2.45) is 0 Å². The summed E-state index contributed by atoms with van der Waals surface area (Å²) in [6, 6.07) is 11.6. The van der Waals surface area contributed by atoms with E-state index in [1.54, 1.807) is 35.2 Å². The van der Waals surface area contributed by atoms with Gasteiger partial charge in [-0.05, 0) is 48.0 Å². The largest absolute Gasteiger partial charge is 0.478 e. The zero-order chi connectivity index (χ0) is 14.3. The first kappa shape index (κ1) is 12.2. The van der Waals surface area contributed by atoms with Crippen LogP contribution in [0.15, 0.2) is 42.5 Å². The molecule has 0 aromatic heterocycles. The van der Waals surface area contributed by atoms with Gasteiger partial charge in [-0.1, -0.05) is 0 Å². The van der Waals surface area contributed by atoms with E-state index in [0.29, 0.717) is 17.8 Å². The Labute approximate surface area is 115 Å². The van der Waals surface area contributed by atoms with Crippen molar-refractivity contribution in [3.05, 3.63) is 53.6 Å². The smallest absolute Gasteiger partial charge is 0.335 e. The van der Waals surface area contributed by atoms with Crippen LogP contribution in [0.1, 0.15) is 15.9 Å². The summed E-state index contributed by atoms with van der Waals surface area (Å²) in [6.07, 6.45) is 0.307. The summed E-state index contributed by atoms with van der Waals surface area (Å²) < 4.78 is 0. The fourth-order valence-corrected chi connectivity index (χ4v) is 2.38. The van der Waals surface area contributed by atoms with Crippen LogP contribution in [-0.2, 0) is 11.2 Å². The highest BCUT2D eigenvalue weighted by atomic mass is 16.4. The number of amides is 1. The summed E-state index contributed by atoms with van der Waals surface area (Å²) in [6.45, 7) is 0. The average molecular weight is 268 g/mol. The molecular formula is C15H12N2O3. The molecule has 100 valence electrons. The SMILES string of the molecule is Nc1ccc2c(c1)CC(=O)N2c1ccc(C(=O)O)cc1. The van der Waals surface area contributed by atoms with Crippen molar-refractivity contribution in [2.45, 2.75) is 6.42 Å². The molecule has 0 unspecified atom stereocenters. The van der Waals surface area contributed by atoms with Crippen molar-refractivity contribution in [3.63, 3.8) is 0 Å². The fourth-order valence-electron chi connectivity index (χ4n) is 2.38. The number of carbonyl (C=O) groups is 2. The molecule has 0 spiro atoms. The maximum Gasteiger partial charge on any atom is 0.335 e.